The van der Waals surface area contributed by atoms with Crippen molar-refractivity contribution in [2.24, 2.45) is 0 Å². The lowest BCUT2D eigenvalue weighted by molar-refractivity contribution is -0.119. The quantitative estimate of drug-likeness (QED) is 0.541. The van der Waals surface area contributed by atoms with Crippen molar-refractivity contribution in [3.05, 3.63) is 47.5 Å². The van der Waals surface area contributed by atoms with E-state index in [2.05, 4.69) is 10.6 Å². The summed E-state index contributed by atoms with van der Waals surface area (Å²) in [6, 6.07) is 10.7. The minimum absolute atomic E-state index is 0.0657. The van der Waals surface area contributed by atoms with E-state index >= 15 is 0 Å². The van der Waals surface area contributed by atoms with Gasteiger partial charge in [-0.1, -0.05) is 18.2 Å². The van der Waals surface area contributed by atoms with Gasteiger partial charge in [-0.3, -0.25) is 9.59 Å². The van der Waals surface area contributed by atoms with Gasteiger partial charge in [-0.05, 0) is 38.0 Å². The summed E-state index contributed by atoms with van der Waals surface area (Å²) in [5, 5.41) is 26.7. The second kappa shape index (κ2) is 8.20. The van der Waals surface area contributed by atoms with Gasteiger partial charge < -0.3 is 30.5 Å². The van der Waals surface area contributed by atoms with Crippen LogP contribution in [0.2, 0.25) is 0 Å². The number of carbonyl (C=O) groups excluding carboxylic acids is 2. The number of β-amino-alcohol motifs (C(OH)–C–C–N with tert-alkyl or cyclic N) is 1. The van der Waals surface area contributed by atoms with Crippen LogP contribution in [0.3, 0.4) is 0 Å². The average molecular weight is 425 g/mol. The summed E-state index contributed by atoms with van der Waals surface area (Å²) in [5.74, 6) is 0.0892. The van der Waals surface area contributed by atoms with Crippen molar-refractivity contribution in [1.82, 2.24) is 5.32 Å². The number of nitrogens with zero attached hydrogens (tertiary/aromatic N) is 1. The third-order valence-corrected chi connectivity index (χ3v) is 5.74. The molecule has 0 aromatic heterocycles. The van der Waals surface area contributed by atoms with Crippen LogP contribution in [0.25, 0.3) is 0 Å². The molecule has 8 nitrogen and oxygen atoms in total. The number of anilines is 2. The van der Waals surface area contributed by atoms with E-state index in [-0.39, 0.29) is 36.3 Å². The summed E-state index contributed by atoms with van der Waals surface area (Å²) in [4.78, 5) is 25.7. The molecular formula is C23H27N3O5. The Morgan fingerprint density at radius 1 is 1.26 bits per heavy atom. The van der Waals surface area contributed by atoms with Crippen molar-refractivity contribution < 1.29 is 24.5 Å². The first-order valence-corrected chi connectivity index (χ1v) is 10.3. The fourth-order valence-corrected chi connectivity index (χ4v) is 3.99. The van der Waals surface area contributed by atoms with Gasteiger partial charge in [0.2, 0.25) is 5.91 Å². The Balaban J connectivity index is 1.39. The Kier molecular flexibility index (Phi) is 5.60. The minimum atomic E-state index is -0.954. The summed E-state index contributed by atoms with van der Waals surface area (Å²) >= 11 is 0. The molecule has 0 aliphatic carbocycles. The number of phenolic OH excluding ortho intramolecular Hbond substituents is 1. The number of phenols is 1. The van der Waals surface area contributed by atoms with Crippen LogP contribution in [0.15, 0.2) is 36.4 Å². The molecule has 0 saturated heterocycles. The lowest BCUT2D eigenvalue weighted by atomic mass is 9.98. The third kappa shape index (κ3) is 4.50. The lowest BCUT2D eigenvalue weighted by Crippen LogP contribution is -2.44. The van der Waals surface area contributed by atoms with Gasteiger partial charge in [-0.15, -0.1) is 0 Å². The standard InChI is InChI=1S/C23H27N3O5/c1-23(2,7-8-26-18-6-4-3-5-14(18)9-21(26)30)24-12-19(28)16-10-15(27)11-17-22(16)31-13-20(29)25-17/h3-6,10-11,19,24,27-28H,7-9,12-13H2,1-2H3,(H,25,29). The summed E-state index contributed by atoms with van der Waals surface area (Å²) < 4.78 is 5.48. The second-order valence-electron chi connectivity index (χ2n) is 8.63. The molecule has 0 saturated carbocycles. The zero-order chi connectivity index (χ0) is 22.2. The van der Waals surface area contributed by atoms with Gasteiger partial charge in [0, 0.05) is 35.9 Å². The highest BCUT2D eigenvalue weighted by Gasteiger charge is 2.30. The molecule has 0 radical (unpaired) electrons. The number of amides is 2. The SMILES string of the molecule is CC(C)(CCN1C(=O)Cc2ccccc21)NCC(O)c1cc(O)cc2c1OCC(=O)N2. The van der Waals surface area contributed by atoms with Crippen molar-refractivity contribution in [2.45, 2.75) is 38.3 Å². The summed E-state index contributed by atoms with van der Waals surface area (Å²) in [5.41, 5.74) is 2.41. The highest BCUT2D eigenvalue weighted by Crippen LogP contribution is 2.38. The maximum atomic E-state index is 12.4. The van der Waals surface area contributed by atoms with Gasteiger partial charge in [0.15, 0.2) is 6.61 Å². The van der Waals surface area contributed by atoms with Gasteiger partial charge in [0.05, 0.1) is 18.2 Å². The first-order valence-electron chi connectivity index (χ1n) is 10.3. The van der Waals surface area contributed by atoms with E-state index in [1.807, 2.05) is 43.0 Å². The first-order chi connectivity index (χ1) is 14.7. The molecule has 4 rings (SSSR count). The molecule has 0 bridgehead atoms. The number of benzene rings is 2. The van der Waals surface area contributed by atoms with Crippen molar-refractivity contribution in [1.29, 1.82) is 0 Å². The van der Waals surface area contributed by atoms with Crippen molar-refractivity contribution in [3.8, 4) is 11.5 Å². The Morgan fingerprint density at radius 2 is 2.03 bits per heavy atom. The van der Waals surface area contributed by atoms with Crippen LogP contribution in [0.4, 0.5) is 11.4 Å². The summed E-state index contributed by atoms with van der Waals surface area (Å²) in [6.07, 6.45) is 0.163. The van der Waals surface area contributed by atoms with Gasteiger partial charge in [0.1, 0.15) is 11.5 Å². The normalized spacial score (nSPS) is 16.4. The topological polar surface area (TPSA) is 111 Å². The van der Waals surface area contributed by atoms with Crippen LogP contribution < -0.4 is 20.3 Å². The summed E-state index contributed by atoms with van der Waals surface area (Å²) in [7, 11) is 0. The molecule has 4 N–H and O–H groups in total. The highest BCUT2D eigenvalue weighted by atomic mass is 16.5. The predicted molar refractivity (Wildman–Crippen MR) is 116 cm³/mol. The van der Waals surface area contributed by atoms with Crippen molar-refractivity contribution in [3.63, 3.8) is 0 Å². The van der Waals surface area contributed by atoms with Crippen LogP contribution in [-0.2, 0) is 16.0 Å². The largest absolute Gasteiger partial charge is 0.508 e. The predicted octanol–water partition coefficient (Wildman–Crippen LogP) is 2.10. The van der Waals surface area contributed by atoms with Crippen LogP contribution >= 0.6 is 0 Å². The van der Waals surface area contributed by atoms with Gasteiger partial charge >= 0.3 is 0 Å². The van der Waals surface area contributed by atoms with Crippen LogP contribution in [0, 0.1) is 0 Å². The zero-order valence-electron chi connectivity index (χ0n) is 17.6. The molecule has 2 aromatic rings. The Hall–Kier alpha value is -3.10. The van der Waals surface area contributed by atoms with Crippen LogP contribution in [-0.4, -0.2) is 47.3 Å². The molecule has 2 aromatic carbocycles. The number of hydrogen-bond donors (Lipinski definition) is 4. The van der Waals surface area contributed by atoms with Crippen molar-refractivity contribution in [2.75, 3.05) is 29.9 Å². The van der Waals surface area contributed by atoms with E-state index < -0.39 is 6.10 Å². The van der Waals surface area contributed by atoms with Gasteiger partial charge in [-0.2, -0.15) is 0 Å². The van der Waals surface area contributed by atoms with Gasteiger partial charge in [-0.25, -0.2) is 0 Å². The number of nitrogens with one attached hydrogen (secondary N) is 2. The molecule has 0 fully saturated rings. The number of fused-ring (bicyclic) bond motifs is 2. The number of aliphatic hydroxyl groups excluding tert-OH is 1. The number of carbonyl (C=O) groups is 2. The molecule has 2 heterocycles. The fraction of sp³-hybridized carbons (Fsp3) is 0.391. The van der Waals surface area contributed by atoms with Crippen molar-refractivity contribution >= 4 is 23.2 Å². The monoisotopic (exact) mass is 425 g/mol. The Labute approximate surface area is 180 Å². The lowest BCUT2D eigenvalue weighted by Gasteiger charge is -2.31. The smallest absolute Gasteiger partial charge is 0.262 e. The molecule has 164 valence electrons. The third-order valence-electron chi connectivity index (χ3n) is 5.74. The van der Waals surface area contributed by atoms with E-state index in [4.69, 9.17) is 4.74 Å². The first kappa shape index (κ1) is 21.1. The molecule has 1 atom stereocenters. The molecule has 1 unspecified atom stereocenters. The zero-order valence-corrected chi connectivity index (χ0v) is 17.6. The van der Waals surface area contributed by atoms with E-state index in [9.17, 15) is 19.8 Å². The molecular weight excluding hydrogens is 398 g/mol. The van der Waals surface area contributed by atoms with Crippen LogP contribution in [0.1, 0.15) is 37.5 Å². The number of aliphatic hydroxyl groups is 1. The molecule has 2 aliphatic heterocycles. The van der Waals surface area contributed by atoms with Gasteiger partial charge in [0.25, 0.3) is 5.91 Å². The molecule has 8 heteroatoms. The van der Waals surface area contributed by atoms with E-state index in [1.165, 1.54) is 12.1 Å². The maximum absolute atomic E-state index is 12.4. The number of para-hydroxylation sites is 1. The Bertz CT molecular complexity index is 1020. The maximum Gasteiger partial charge on any atom is 0.262 e. The van der Waals surface area contributed by atoms with E-state index in [1.54, 1.807) is 0 Å². The number of aromatic hydroxyl groups is 1. The van der Waals surface area contributed by atoms with Crippen LogP contribution in [0.5, 0.6) is 11.5 Å². The minimum Gasteiger partial charge on any atom is -0.508 e. The molecule has 0 spiro atoms. The van der Waals surface area contributed by atoms with E-state index in [0.717, 1.165) is 11.3 Å². The Morgan fingerprint density at radius 3 is 2.84 bits per heavy atom. The van der Waals surface area contributed by atoms with E-state index in [0.29, 0.717) is 36.4 Å². The average Bonchev–Trinajstić information content (AvgIpc) is 3.04. The second-order valence-corrected chi connectivity index (χ2v) is 8.63. The summed E-state index contributed by atoms with van der Waals surface area (Å²) in [6.45, 7) is 4.68. The molecule has 2 amide bonds. The number of ether oxygens (including phenoxy) is 1. The number of hydrogen-bond acceptors (Lipinski definition) is 6. The highest BCUT2D eigenvalue weighted by molar-refractivity contribution is 6.01. The molecule has 31 heavy (non-hydrogen) atoms. The molecule has 2 aliphatic rings. The number of rotatable bonds is 7. The fourth-order valence-electron chi connectivity index (χ4n) is 3.99.